The molecule has 14 aromatic rings. The van der Waals surface area contributed by atoms with Crippen molar-refractivity contribution in [3.05, 3.63) is 255 Å². The summed E-state index contributed by atoms with van der Waals surface area (Å²) in [5.74, 6) is 0. The van der Waals surface area contributed by atoms with E-state index in [2.05, 4.69) is 265 Å². The van der Waals surface area contributed by atoms with E-state index in [1.807, 2.05) is 22.7 Å². The van der Waals surface area contributed by atoms with Gasteiger partial charge in [0.25, 0.3) is 0 Å². The number of benzene rings is 12. The van der Waals surface area contributed by atoms with Crippen LogP contribution in [0.1, 0.15) is 0 Å². The van der Waals surface area contributed by atoms with Gasteiger partial charge in [0.1, 0.15) is 0 Å². The van der Waals surface area contributed by atoms with E-state index in [1.54, 1.807) is 0 Å². The van der Waals surface area contributed by atoms with Gasteiger partial charge in [-0.05, 0) is 99.4 Å². The quantitative estimate of drug-likeness (QED) is 0.150. The molecule has 14 rings (SSSR count). The van der Waals surface area contributed by atoms with E-state index in [4.69, 9.17) is 0 Å². The normalized spacial score (nSPS) is 11.7. The minimum absolute atomic E-state index is 1.10. The summed E-state index contributed by atoms with van der Waals surface area (Å²) in [6.45, 7) is 0. The van der Waals surface area contributed by atoms with Gasteiger partial charge in [-0.1, -0.05) is 188 Å². The van der Waals surface area contributed by atoms with Gasteiger partial charge in [-0.3, -0.25) is 0 Å². The van der Waals surface area contributed by atoms with Crippen molar-refractivity contribution in [2.24, 2.45) is 0 Å². The molecule has 0 fully saturated rings. The number of thiophene rings is 2. The molecule has 0 unspecified atom stereocenters. The second-order valence-corrected chi connectivity index (χ2v) is 20.2. The molecule has 0 aliphatic rings. The zero-order valence-electron chi connectivity index (χ0n) is 38.0. The minimum atomic E-state index is 1.10. The summed E-state index contributed by atoms with van der Waals surface area (Å²) in [4.78, 5) is 5.03. The average molecular weight is 927 g/mol. The van der Waals surface area contributed by atoms with Crippen molar-refractivity contribution in [1.82, 2.24) is 0 Å². The van der Waals surface area contributed by atoms with Gasteiger partial charge in [0, 0.05) is 73.6 Å². The molecule has 4 heteroatoms. The molecule has 328 valence electrons. The Labute approximate surface area is 413 Å². The molecule has 2 nitrogen and oxygen atoms in total. The number of hydrogen-bond donors (Lipinski definition) is 0. The van der Waals surface area contributed by atoms with Crippen molar-refractivity contribution in [3.8, 4) is 22.3 Å². The predicted octanol–water partition coefficient (Wildman–Crippen LogP) is 20.2. The molecular formula is C66H42N2S2. The van der Waals surface area contributed by atoms with E-state index in [9.17, 15) is 0 Å². The topological polar surface area (TPSA) is 6.48 Å². The van der Waals surface area contributed by atoms with Gasteiger partial charge in [-0.25, -0.2) is 0 Å². The van der Waals surface area contributed by atoms with Crippen molar-refractivity contribution in [3.63, 3.8) is 0 Å². The molecule has 0 atom stereocenters. The molecule has 0 N–H and O–H groups in total. The highest BCUT2D eigenvalue weighted by molar-refractivity contribution is 7.26. The van der Waals surface area contributed by atoms with E-state index < -0.39 is 0 Å². The Morgan fingerprint density at radius 3 is 1.27 bits per heavy atom. The zero-order chi connectivity index (χ0) is 46.1. The van der Waals surface area contributed by atoms with Crippen LogP contribution in [-0.2, 0) is 0 Å². The van der Waals surface area contributed by atoms with Crippen molar-refractivity contribution in [2.45, 2.75) is 0 Å². The van der Waals surface area contributed by atoms with Crippen LogP contribution in [0.25, 0.3) is 94.9 Å². The maximum absolute atomic E-state index is 2.52. The molecular weight excluding hydrogens is 885 g/mol. The fourth-order valence-electron chi connectivity index (χ4n) is 10.8. The Balaban J connectivity index is 1.10. The molecule has 0 spiro atoms. The average Bonchev–Trinajstić information content (AvgIpc) is 3.99. The first kappa shape index (κ1) is 40.5. The SMILES string of the molecule is c1ccc(-c2cc3ccc(N(c4ccc5c(c4)sc4ccccc45)c4cccc5ccccc45)c(-c4ccccc4)c3cc2N(c2ccc3c(c2)sc2ccccc23)c2cccc3ccccc23)cc1. The molecule has 0 saturated carbocycles. The van der Waals surface area contributed by atoms with Gasteiger partial charge in [0.15, 0.2) is 0 Å². The molecule has 0 amide bonds. The third-order valence-electron chi connectivity index (χ3n) is 14.0. The van der Waals surface area contributed by atoms with Crippen LogP contribution in [0, 0.1) is 0 Å². The van der Waals surface area contributed by atoms with E-state index in [1.165, 1.54) is 78.2 Å². The molecule has 0 bridgehead atoms. The fraction of sp³-hybridized carbons (Fsp3) is 0. The summed E-state index contributed by atoms with van der Waals surface area (Å²) >= 11 is 3.72. The van der Waals surface area contributed by atoms with E-state index in [0.717, 1.165) is 50.8 Å². The fourth-order valence-corrected chi connectivity index (χ4v) is 13.1. The predicted molar refractivity (Wildman–Crippen MR) is 305 cm³/mol. The molecule has 2 heterocycles. The van der Waals surface area contributed by atoms with Crippen molar-refractivity contribution < 1.29 is 0 Å². The van der Waals surface area contributed by atoms with Crippen LogP contribution in [0.15, 0.2) is 255 Å². The molecule has 70 heavy (non-hydrogen) atoms. The van der Waals surface area contributed by atoms with Gasteiger partial charge in [0.2, 0.25) is 0 Å². The summed E-state index contributed by atoms with van der Waals surface area (Å²) in [6, 6.07) is 94.2. The van der Waals surface area contributed by atoms with Gasteiger partial charge in [-0.15, -0.1) is 22.7 Å². The lowest BCUT2D eigenvalue weighted by molar-refractivity contribution is 1.30. The number of anilines is 6. The number of rotatable bonds is 8. The van der Waals surface area contributed by atoms with Crippen LogP contribution >= 0.6 is 22.7 Å². The number of hydrogen-bond acceptors (Lipinski definition) is 4. The standard InChI is InChI=1S/C66H42N2S2/c1-3-17-45(18-4-1)56-39-47-33-38-60(67(58-29-15-23-43-19-7-9-25-50(43)58)48-34-36-54-52-27-11-13-31-62(52)69-64(54)40-48)66(46-21-5-2-6-22-46)57(47)42-61(56)68(59-30-16-24-44-20-8-10-26-51(44)59)49-35-37-55-53-28-12-14-32-63(53)70-65(55)41-49/h1-42H. The zero-order valence-corrected chi connectivity index (χ0v) is 39.6. The third-order valence-corrected chi connectivity index (χ3v) is 16.3. The van der Waals surface area contributed by atoms with Crippen LogP contribution in [0.4, 0.5) is 34.1 Å². The highest BCUT2D eigenvalue weighted by Crippen LogP contribution is 2.52. The van der Waals surface area contributed by atoms with Crippen LogP contribution in [0.3, 0.4) is 0 Å². The maximum Gasteiger partial charge on any atom is 0.0546 e. The monoisotopic (exact) mass is 926 g/mol. The van der Waals surface area contributed by atoms with E-state index in [0.29, 0.717) is 0 Å². The Bertz CT molecular complexity index is 4310. The summed E-state index contributed by atoms with van der Waals surface area (Å²) < 4.78 is 5.12. The van der Waals surface area contributed by atoms with Crippen LogP contribution in [0.2, 0.25) is 0 Å². The molecule has 0 saturated heterocycles. The molecule has 2 aromatic heterocycles. The largest absolute Gasteiger partial charge is 0.309 e. The number of fused-ring (bicyclic) bond motifs is 9. The van der Waals surface area contributed by atoms with Crippen LogP contribution < -0.4 is 9.80 Å². The molecule has 0 aliphatic carbocycles. The molecule has 12 aromatic carbocycles. The maximum atomic E-state index is 2.52. The highest BCUT2D eigenvalue weighted by Gasteiger charge is 2.26. The summed E-state index contributed by atoms with van der Waals surface area (Å²) in [6.07, 6.45) is 0. The van der Waals surface area contributed by atoms with Crippen molar-refractivity contribution in [1.29, 1.82) is 0 Å². The van der Waals surface area contributed by atoms with E-state index in [-0.39, 0.29) is 0 Å². The molecule has 0 aliphatic heterocycles. The van der Waals surface area contributed by atoms with Gasteiger partial charge < -0.3 is 9.80 Å². The summed E-state index contributed by atoms with van der Waals surface area (Å²) in [5.41, 5.74) is 11.3. The third kappa shape index (κ3) is 6.68. The van der Waals surface area contributed by atoms with Crippen molar-refractivity contribution >= 4 is 129 Å². The second kappa shape index (κ2) is 16.6. The van der Waals surface area contributed by atoms with Gasteiger partial charge >= 0.3 is 0 Å². The lowest BCUT2D eigenvalue weighted by Gasteiger charge is -2.32. The van der Waals surface area contributed by atoms with Crippen molar-refractivity contribution in [2.75, 3.05) is 9.80 Å². The number of nitrogens with zero attached hydrogens (tertiary/aromatic N) is 2. The second-order valence-electron chi connectivity index (χ2n) is 18.0. The summed E-state index contributed by atoms with van der Waals surface area (Å²) in [5, 5.41) is 12.3. The Hall–Kier alpha value is -8.54. The molecule has 0 radical (unpaired) electrons. The Morgan fingerprint density at radius 1 is 0.243 bits per heavy atom. The Morgan fingerprint density at radius 2 is 0.700 bits per heavy atom. The lowest BCUT2D eigenvalue weighted by Crippen LogP contribution is -2.13. The van der Waals surface area contributed by atoms with Gasteiger partial charge in [0.05, 0.1) is 22.7 Å². The van der Waals surface area contributed by atoms with E-state index >= 15 is 0 Å². The first-order valence-corrected chi connectivity index (χ1v) is 25.5. The first-order chi connectivity index (χ1) is 34.7. The van der Waals surface area contributed by atoms with Gasteiger partial charge in [-0.2, -0.15) is 0 Å². The lowest BCUT2D eigenvalue weighted by atomic mass is 9.91. The minimum Gasteiger partial charge on any atom is -0.309 e. The summed E-state index contributed by atoms with van der Waals surface area (Å²) in [7, 11) is 0. The Kier molecular flexibility index (Phi) is 9.61. The van der Waals surface area contributed by atoms with Crippen LogP contribution in [0.5, 0.6) is 0 Å². The smallest absolute Gasteiger partial charge is 0.0546 e. The van der Waals surface area contributed by atoms with Crippen LogP contribution in [-0.4, -0.2) is 0 Å². The highest BCUT2D eigenvalue weighted by atomic mass is 32.1. The first-order valence-electron chi connectivity index (χ1n) is 23.8.